The second-order valence-electron chi connectivity index (χ2n) is 11.5. The van der Waals surface area contributed by atoms with Crippen molar-refractivity contribution in [1.82, 2.24) is 20.1 Å². The Morgan fingerprint density at radius 2 is 1.76 bits per heavy atom. The lowest BCUT2D eigenvalue weighted by atomic mass is 9.96. The minimum atomic E-state index is -0.788. The molecule has 2 aliphatic rings. The number of aliphatic hydroxyl groups excluding tert-OH is 1. The van der Waals surface area contributed by atoms with Crippen molar-refractivity contribution in [3.63, 3.8) is 0 Å². The molecule has 46 heavy (non-hydrogen) atoms. The molecule has 2 N–H and O–H groups in total. The number of aryl methyl sites for hydroxylation is 1. The van der Waals surface area contributed by atoms with E-state index in [4.69, 9.17) is 9.15 Å². The first-order valence-corrected chi connectivity index (χ1v) is 15.7. The number of nitrogens with zero attached hydrogens (tertiary/aromatic N) is 3. The molecule has 0 aliphatic carbocycles. The number of benzene rings is 3. The highest BCUT2D eigenvalue weighted by Gasteiger charge is 2.24. The Bertz CT molecular complexity index is 1720. The largest absolute Gasteiger partial charge is 0.482 e. The Labute approximate surface area is 282 Å². The summed E-state index contributed by atoms with van der Waals surface area (Å²) in [5, 5.41) is 13.5. The van der Waals surface area contributed by atoms with Gasteiger partial charge in [0.05, 0.1) is 11.8 Å². The van der Waals surface area contributed by atoms with Crippen LogP contribution in [0, 0.1) is 12.7 Å². The Balaban J connectivity index is 0.00000417. The molecular weight excluding hydrogens is 675 g/mol. The van der Waals surface area contributed by atoms with Crippen molar-refractivity contribution in [3.05, 3.63) is 116 Å². The molecule has 0 saturated carbocycles. The van der Waals surface area contributed by atoms with Crippen molar-refractivity contribution in [3.8, 4) is 5.75 Å². The minimum Gasteiger partial charge on any atom is -0.482 e. The van der Waals surface area contributed by atoms with Gasteiger partial charge in [-0.2, -0.15) is 13.5 Å². The molecule has 0 saturated heterocycles. The maximum absolute atomic E-state index is 14.8. The Morgan fingerprint density at radius 3 is 2.52 bits per heavy atom. The Morgan fingerprint density at radius 1 is 1.02 bits per heavy atom. The smallest absolute Gasteiger partial charge is 0.254 e. The van der Waals surface area contributed by atoms with Gasteiger partial charge in [-0.1, -0.05) is 22.0 Å². The molecule has 0 bridgehead atoms. The molecule has 1 atom stereocenters. The van der Waals surface area contributed by atoms with Crippen LogP contribution in [0.3, 0.4) is 0 Å². The van der Waals surface area contributed by atoms with E-state index in [1.165, 1.54) is 12.5 Å². The van der Waals surface area contributed by atoms with E-state index in [9.17, 15) is 19.1 Å². The summed E-state index contributed by atoms with van der Waals surface area (Å²) in [6.07, 6.45) is 1.90. The van der Waals surface area contributed by atoms with Gasteiger partial charge in [-0.15, -0.1) is 0 Å². The lowest BCUT2D eigenvalue weighted by Gasteiger charge is -2.31. The zero-order valence-electron chi connectivity index (χ0n) is 25.4. The number of amides is 2. The fraction of sp³-hybridized carbons (Fsp3) is 0.324. The van der Waals surface area contributed by atoms with Gasteiger partial charge in [0.1, 0.15) is 6.61 Å². The average molecular weight is 712 g/mol. The zero-order chi connectivity index (χ0) is 31.5. The van der Waals surface area contributed by atoms with Crippen molar-refractivity contribution in [1.29, 1.82) is 0 Å². The van der Waals surface area contributed by atoms with E-state index in [-0.39, 0.29) is 44.2 Å². The van der Waals surface area contributed by atoms with Crippen LogP contribution in [0.5, 0.6) is 5.75 Å². The van der Waals surface area contributed by atoms with Gasteiger partial charge in [0.2, 0.25) is 0 Å². The van der Waals surface area contributed by atoms with Crippen LogP contribution in [0.25, 0.3) is 0 Å². The van der Waals surface area contributed by atoms with Crippen molar-refractivity contribution in [2.24, 2.45) is 0 Å². The second-order valence-corrected chi connectivity index (χ2v) is 12.4. The van der Waals surface area contributed by atoms with Crippen LogP contribution in [0.4, 0.5) is 4.39 Å². The van der Waals surface area contributed by atoms with Crippen LogP contribution in [-0.4, -0.2) is 64.0 Å². The summed E-state index contributed by atoms with van der Waals surface area (Å²) in [6.45, 7) is 4.59. The highest BCUT2D eigenvalue weighted by atomic mass is 79.9. The summed E-state index contributed by atoms with van der Waals surface area (Å²) in [5.74, 6) is 0.0101. The molecule has 0 spiro atoms. The summed E-state index contributed by atoms with van der Waals surface area (Å²) >= 11 is 3.40. The molecule has 9 nitrogen and oxygen atoms in total. The Hall–Kier alpha value is -3.71. The molecule has 2 amide bonds. The standard InChI is InChI=1S/C34H34BrFN4O5.H2S/c1-21-32(45-20-38-21)19-44-31-14-24-8-10-39(16-27(24)13-30(31)36)18-29(41)15-37-33(42)25-2-3-26-17-40(11-9-23(26)12-25)34(43)22-4-6-28(35)7-5-22;/h2-7,12-14,20,29,41H,8-11,15-19H2,1H3,(H,37,42);1H2/t29-;/m0./s1. The third-order valence-electron chi connectivity index (χ3n) is 8.38. The van der Waals surface area contributed by atoms with Gasteiger partial charge < -0.3 is 24.5 Å². The predicted molar refractivity (Wildman–Crippen MR) is 179 cm³/mol. The van der Waals surface area contributed by atoms with Crippen LogP contribution < -0.4 is 10.1 Å². The van der Waals surface area contributed by atoms with Gasteiger partial charge >= 0.3 is 0 Å². The maximum Gasteiger partial charge on any atom is 0.254 e. The summed E-state index contributed by atoms with van der Waals surface area (Å²) in [4.78, 5) is 33.8. The van der Waals surface area contributed by atoms with Gasteiger partial charge in [0.25, 0.3) is 11.8 Å². The summed E-state index contributed by atoms with van der Waals surface area (Å²) < 4.78 is 26.7. The fourth-order valence-corrected chi connectivity index (χ4v) is 6.07. The van der Waals surface area contributed by atoms with Gasteiger partial charge in [-0.05, 0) is 90.6 Å². The number of oxazole rings is 1. The number of carbonyl (C=O) groups is 2. The van der Waals surface area contributed by atoms with E-state index in [1.807, 2.05) is 41.3 Å². The van der Waals surface area contributed by atoms with E-state index in [1.54, 1.807) is 19.1 Å². The van der Waals surface area contributed by atoms with Crippen molar-refractivity contribution >= 4 is 41.2 Å². The fourth-order valence-electron chi connectivity index (χ4n) is 5.81. The molecule has 4 aromatic rings. The molecule has 0 fully saturated rings. The number of aliphatic hydroxyl groups is 1. The van der Waals surface area contributed by atoms with Crippen LogP contribution in [0.15, 0.2) is 69.9 Å². The molecule has 0 radical (unpaired) electrons. The summed E-state index contributed by atoms with van der Waals surface area (Å²) in [6, 6.07) is 16.1. The number of aromatic nitrogens is 1. The molecule has 0 unspecified atom stereocenters. The van der Waals surface area contributed by atoms with E-state index in [0.717, 1.165) is 26.7 Å². The van der Waals surface area contributed by atoms with Gasteiger partial charge in [-0.25, -0.2) is 9.37 Å². The first-order chi connectivity index (χ1) is 21.7. The number of rotatable bonds is 9. The van der Waals surface area contributed by atoms with Crippen molar-refractivity contribution in [2.45, 2.75) is 45.6 Å². The number of nitrogens with one attached hydrogen (secondary N) is 1. The number of hydrogen-bond acceptors (Lipinski definition) is 7. The van der Waals surface area contributed by atoms with E-state index in [0.29, 0.717) is 68.1 Å². The quantitative estimate of drug-likeness (QED) is 0.254. The summed E-state index contributed by atoms with van der Waals surface area (Å²) in [7, 11) is 0. The van der Waals surface area contributed by atoms with Gasteiger partial charge in [-0.3, -0.25) is 14.5 Å². The molecule has 2 aliphatic heterocycles. The molecule has 1 aromatic heterocycles. The van der Waals surface area contributed by atoms with Crippen LogP contribution in [-0.2, 0) is 32.5 Å². The molecule has 242 valence electrons. The third kappa shape index (κ3) is 7.80. The van der Waals surface area contributed by atoms with Gasteiger partial charge in [0.15, 0.2) is 23.7 Å². The molecular formula is C34H36BrFN4O5S. The lowest BCUT2D eigenvalue weighted by molar-refractivity contribution is 0.0734. The second kappa shape index (κ2) is 14.8. The van der Waals surface area contributed by atoms with Gasteiger partial charge in [0, 0.05) is 54.9 Å². The van der Waals surface area contributed by atoms with Crippen molar-refractivity contribution in [2.75, 3.05) is 26.2 Å². The highest BCUT2D eigenvalue weighted by Crippen LogP contribution is 2.28. The number of halogens is 2. The highest BCUT2D eigenvalue weighted by molar-refractivity contribution is 9.10. The molecule has 3 aromatic carbocycles. The number of fused-ring (bicyclic) bond motifs is 2. The van der Waals surface area contributed by atoms with E-state index >= 15 is 0 Å². The third-order valence-corrected chi connectivity index (χ3v) is 8.90. The lowest BCUT2D eigenvalue weighted by Crippen LogP contribution is -2.42. The monoisotopic (exact) mass is 710 g/mol. The van der Waals surface area contributed by atoms with Crippen molar-refractivity contribution < 1.29 is 28.2 Å². The molecule has 3 heterocycles. The van der Waals surface area contributed by atoms with Crippen LogP contribution in [0.1, 0.15) is 54.4 Å². The van der Waals surface area contributed by atoms with Crippen LogP contribution in [0.2, 0.25) is 0 Å². The maximum atomic E-state index is 14.8. The number of β-amino-alcohol motifs (C(OH)–C–C–N with tert-alkyl or cyclic N) is 1. The summed E-state index contributed by atoms with van der Waals surface area (Å²) in [5.41, 5.74) is 5.80. The SMILES string of the molecule is Cc1ncoc1COc1cc2c(cc1F)CN(C[C@@H](O)CNC(=O)c1ccc3c(c1)CCN(C(=O)c1ccc(Br)cc1)C3)CC2.S. The molecule has 12 heteroatoms. The first-order valence-electron chi connectivity index (χ1n) is 14.9. The number of carbonyl (C=O) groups excluding carboxylic acids is 2. The molecule has 6 rings (SSSR count). The number of ether oxygens (including phenoxy) is 1. The zero-order valence-corrected chi connectivity index (χ0v) is 28.0. The first kappa shape index (κ1) is 33.6. The van der Waals surface area contributed by atoms with Crippen LogP contribution >= 0.6 is 29.4 Å². The van der Waals surface area contributed by atoms with E-state index < -0.39 is 11.9 Å². The minimum absolute atomic E-state index is 0. The predicted octanol–water partition coefficient (Wildman–Crippen LogP) is 4.92. The Kier molecular flexibility index (Phi) is 10.8. The van der Waals surface area contributed by atoms with E-state index in [2.05, 4.69) is 31.1 Å². The normalized spacial score (nSPS) is 14.9. The average Bonchev–Trinajstić information content (AvgIpc) is 3.46. The number of hydrogen-bond donors (Lipinski definition) is 2. The topological polar surface area (TPSA) is 108 Å².